The Kier molecular flexibility index (Phi) is 5.29. The first-order valence-corrected chi connectivity index (χ1v) is 6.60. The maximum Gasteiger partial charge on any atom is 0.127 e. The zero-order valence-corrected chi connectivity index (χ0v) is 11.8. The number of hydrogen-bond donors (Lipinski definition) is 1. The molecule has 1 aromatic carbocycles. The van der Waals surface area contributed by atoms with E-state index in [4.69, 9.17) is 0 Å². The quantitative estimate of drug-likeness (QED) is 0.840. The van der Waals surface area contributed by atoms with Crippen molar-refractivity contribution in [3.8, 4) is 0 Å². The first-order valence-electron chi connectivity index (χ1n) is 6.60. The number of rotatable bonds is 6. The molecule has 0 spiro atoms. The predicted molar refractivity (Wildman–Crippen MR) is 73.0 cm³/mol. The van der Waals surface area contributed by atoms with Gasteiger partial charge in [0.15, 0.2) is 0 Å². The van der Waals surface area contributed by atoms with Gasteiger partial charge in [0.2, 0.25) is 0 Å². The first-order chi connectivity index (χ1) is 8.43. The maximum atomic E-state index is 13.7. The van der Waals surface area contributed by atoms with E-state index in [1.165, 1.54) is 6.07 Å². The third-order valence-electron chi connectivity index (χ3n) is 3.88. The average molecular weight is 253 g/mol. The molecule has 1 unspecified atom stereocenters. The zero-order chi connectivity index (χ0) is 13.8. The number of hydrogen-bond acceptors (Lipinski definition) is 2. The molecule has 0 aliphatic rings. The number of halogens is 1. The van der Waals surface area contributed by atoms with Crippen molar-refractivity contribution >= 4 is 0 Å². The van der Waals surface area contributed by atoms with Crippen LogP contribution in [0.25, 0.3) is 0 Å². The van der Waals surface area contributed by atoms with Crippen LogP contribution in [0.15, 0.2) is 24.3 Å². The van der Waals surface area contributed by atoms with Gasteiger partial charge in [-0.15, -0.1) is 0 Å². The van der Waals surface area contributed by atoms with Crippen molar-refractivity contribution in [3.63, 3.8) is 0 Å². The summed E-state index contributed by atoms with van der Waals surface area (Å²) in [5, 5.41) is 10.3. The molecule has 0 heterocycles. The van der Waals surface area contributed by atoms with Crippen molar-refractivity contribution < 1.29 is 9.50 Å². The molecule has 0 aliphatic carbocycles. The monoisotopic (exact) mass is 253 g/mol. The molecule has 0 saturated heterocycles. The number of likely N-dealkylation sites (N-methyl/N-ethyl adjacent to an activating group) is 1. The van der Waals surface area contributed by atoms with E-state index in [9.17, 15) is 9.50 Å². The molecular weight excluding hydrogens is 229 g/mol. The summed E-state index contributed by atoms with van der Waals surface area (Å²) in [6.45, 7) is 6.47. The predicted octanol–water partition coefficient (Wildman–Crippen LogP) is 3.37. The van der Waals surface area contributed by atoms with Gasteiger partial charge in [-0.3, -0.25) is 4.90 Å². The summed E-state index contributed by atoms with van der Waals surface area (Å²) in [6, 6.07) is 6.77. The summed E-state index contributed by atoms with van der Waals surface area (Å²) in [4.78, 5) is 2.01. The Hall–Kier alpha value is -0.930. The second-order valence-electron chi connectivity index (χ2n) is 5.04. The Morgan fingerprint density at radius 3 is 2.33 bits per heavy atom. The van der Waals surface area contributed by atoms with E-state index in [2.05, 4.69) is 0 Å². The van der Waals surface area contributed by atoms with Crippen LogP contribution in [-0.2, 0) is 0 Å². The van der Waals surface area contributed by atoms with Gasteiger partial charge in [-0.05, 0) is 32.9 Å². The highest BCUT2D eigenvalue weighted by Crippen LogP contribution is 2.25. The minimum Gasteiger partial charge on any atom is -0.389 e. The van der Waals surface area contributed by atoms with Crippen molar-refractivity contribution in [2.24, 2.45) is 0 Å². The van der Waals surface area contributed by atoms with E-state index in [0.29, 0.717) is 24.9 Å². The van der Waals surface area contributed by atoms with Gasteiger partial charge in [0.05, 0.1) is 5.60 Å². The highest BCUT2D eigenvalue weighted by atomic mass is 19.1. The fraction of sp³-hybridized carbons (Fsp3) is 0.600. The Morgan fingerprint density at radius 1 is 1.28 bits per heavy atom. The van der Waals surface area contributed by atoms with Crippen molar-refractivity contribution in [2.45, 2.75) is 45.3 Å². The van der Waals surface area contributed by atoms with Crippen LogP contribution >= 0.6 is 0 Å². The van der Waals surface area contributed by atoms with Gasteiger partial charge in [0.1, 0.15) is 5.82 Å². The fourth-order valence-corrected chi connectivity index (χ4v) is 2.13. The van der Waals surface area contributed by atoms with E-state index in [0.717, 1.165) is 0 Å². The minimum atomic E-state index is -0.686. The van der Waals surface area contributed by atoms with Gasteiger partial charge < -0.3 is 5.11 Å². The maximum absolute atomic E-state index is 13.7. The lowest BCUT2D eigenvalue weighted by molar-refractivity contribution is -0.00591. The van der Waals surface area contributed by atoms with Crippen molar-refractivity contribution in [1.82, 2.24) is 4.90 Å². The highest BCUT2D eigenvalue weighted by Gasteiger charge is 2.27. The van der Waals surface area contributed by atoms with Crippen LogP contribution in [-0.4, -0.2) is 29.2 Å². The van der Waals surface area contributed by atoms with E-state index < -0.39 is 5.60 Å². The molecule has 0 amide bonds. The van der Waals surface area contributed by atoms with Gasteiger partial charge in [0.25, 0.3) is 0 Å². The summed E-state index contributed by atoms with van der Waals surface area (Å²) in [6.07, 6.45) is 1.41. The zero-order valence-electron chi connectivity index (χ0n) is 11.8. The largest absolute Gasteiger partial charge is 0.389 e. The van der Waals surface area contributed by atoms with Gasteiger partial charge in [-0.1, -0.05) is 32.0 Å². The van der Waals surface area contributed by atoms with Crippen LogP contribution in [0.5, 0.6) is 0 Å². The first kappa shape index (κ1) is 15.1. The molecular formula is C15H24FNO. The number of nitrogens with zero attached hydrogens (tertiary/aromatic N) is 1. The molecule has 0 bridgehead atoms. The molecule has 2 nitrogen and oxygen atoms in total. The standard InChI is InChI=1S/C15H24FNO/c1-5-15(18,6-2)11-17(4)12(3)13-9-7-8-10-14(13)16/h7-10,12,18H,5-6,11H2,1-4H3. The van der Waals surface area contributed by atoms with E-state index in [-0.39, 0.29) is 11.9 Å². The Labute approximate surface area is 109 Å². The summed E-state index contributed by atoms with van der Waals surface area (Å²) < 4.78 is 13.7. The summed E-state index contributed by atoms with van der Waals surface area (Å²) in [5.74, 6) is -0.187. The summed E-state index contributed by atoms with van der Waals surface area (Å²) in [5.41, 5.74) is -0.0107. The number of aliphatic hydroxyl groups is 1. The van der Waals surface area contributed by atoms with E-state index in [1.54, 1.807) is 12.1 Å². The smallest absolute Gasteiger partial charge is 0.127 e. The minimum absolute atomic E-state index is 0.0455. The van der Waals surface area contributed by atoms with Crippen LogP contribution in [0, 0.1) is 5.82 Å². The molecule has 1 aromatic rings. The Balaban J connectivity index is 2.79. The third-order valence-corrected chi connectivity index (χ3v) is 3.88. The molecule has 102 valence electrons. The SMILES string of the molecule is CCC(O)(CC)CN(C)C(C)c1ccccc1F. The molecule has 1 N–H and O–H groups in total. The van der Waals surface area contributed by atoms with Gasteiger partial charge in [-0.2, -0.15) is 0 Å². The third kappa shape index (κ3) is 3.53. The summed E-state index contributed by atoms with van der Waals surface area (Å²) in [7, 11) is 1.92. The Bertz CT molecular complexity index is 377. The lowest BCUT2D eigenvalue weighted by Gasteiger charge is -2.34. The van der Waals surface area contributed by atoms with Gasteiger partial charge in [0, 0.05) is 18.2 Å². The van der Waals surface area contributed by atoms with E-state index >= 15 is 0 Å². The van der Waals surface area contributed by atoms with Crippen molar-refractivity contribution in [3.05, 3.63) is 35.6 Å². The molecule has 0 radical (unpaired) electrons. The van der Waals surface area contributed by atoms with Gasteiger partial charge in [-0.25, -0.2) is 4.39 Å². The van der Waals surface area contributed by atoms with Crippen LogP contribution in [0.2, 0.25) is 0 Å². The highest BCUT2D eigenvalue weighted by molar-refractivity contribution is 5.20. The molecule has 0 aliphatic heterocycles. The molecule has 1 rings (SSSR count). The average Bonchev–Trinajstić information content (AvgIpc) is 2.38. The second kappa shape index (κ2) is 6.30. The molecule has 0 aromatic heterocycles. The van der Waals surface area contributed by atoms with Crippen LogP contribution in [0.3, 0.4) is 0 Å². The molecule has 3 heteroatoms. The van der Waals surface area contributed by atoms with Crippen LogP contribution in [0.4, 0.5) is 4.39 Å². The Morgan fingerprint density at radius 2 is 1.83 bits per heavy atom. The lowest BCUT2D eigenvalue weighted by Crippen LogP contribution is -2.41. The molecule has 18 heavy (non-hydrogen) atoms. The fourth-order valence-electron chi connectivity index (χ4n) is 2.13. The molecule has 0 fully saturated rings. The topological polar surface area (TPSA) is 23.5 Å². The van der Waals surface area contributed by atoms with Crippen molar-refractivity contribution in [2.75, 3.05) is 13.6 Å². The second-order valence-corrected chi connectivity index (χ2v) is 5.04. The normalized spacial score (nSPS) is 13.9. The van der Waals surface area contributed by atoms with Crippen LogP contribution in [0.1, 0.15) is 45.2 Å². The molecule has 1 atom stereocenters. The molecule has 0 saturated carbocycles. The van der Waals surface area contributed by atoms with E-state index in [1.807, 2.05) is 38.8 Å². The van der Waals surface area contributed by atoms with Gasteiger partial charge >= 0.3 is 0 Å². The van der Waals surface area contributed by atoms with Crippen molar-refractivity contribution in [1.29, 1.82) is 0 Å². The van der Waals surface area contributed by atoms with Crippen LogP contribution < -0.4 is 0 Å². The summed E-state index contributed by atoms with van der Waals surface area (Å²) >= 11 is 0. The number of benzene rings is 1. The lowest BCUT2D eigenvalue weighted by atomic mass is 9.95.